The molecule has 6 nitrogen and oxygen atoms in total. The maximum atomic E-state index is 5.94. The van der Waals surface area contributed by atoms with E-state index in [-0.39, 0.29) is 29.5 Å². The van der Waals surface area contributed by atoms with Crippen molar-refractivity contribution in [3.63, 3.8) is 0 Å². The Morgan fingerprint density at radius 1 is 1.19 bits per heavy atom. The van der Waals surface area contributed by atoms with Crippen molar-refractivity contribution in [3.05, 3.63) is 36.1 Å². The SMILES string of the molecule is CN=C(NCC1(N(C)C)CCOCC1)N(C)Cc1cc2ccccc2o1.I. The van der Waals surface area contributed by atoms with E-state index >= 15 is 0 Å². The predicted molar refractivity (Wildman–Crippen MR) is 121 cm³/mol. The molecule has 1 aliphatic rings. The van der Waals surface area contributed by atoms with Gasteiger partial charge in [-0.15, -0.1) is 24.0 Å². The summed E-state index contributed by atoms with van der Waals surface area (Å²) in [7, 11) is 8.15. The number of likely N-dealkylation sites (N-methyl/N-ethyl adjacent to an activating group) is 1. The third kappa shape index (κ3) is 5.14. The third-order valence-electron chi connectivity index (χ3n) is 5.39. The van der Waals surface area contributed by atoms with E-state index in [1.54, 1.807) is 0 Å². The quantitative estimate of drug-likeness (QED) is 0.400. The van der Waals surface area contributed by atoms with Crippen LogP contribution in [0.25, 0.3) is 11.0 Å². The largest absolute Gasteiger partial charge is 0.459 e. The lowest BCUT2D eigenvalue weighted by atomic mass is 9.88. The molecule has 0 radical (unpaired) electrons. The Morgan fingerprint density at radius 2 is 1.89 bits per heavy atom. The number of ether oxygens (including phenoxy) is 1. The van der Waals surface area contributed by atoms with Gasteiger partial charge in [0.2, 0.25) is 0 Å². The van der Waals surface area contributed by atoms with Crippen molar-refractivity contribution >= 4 is 40.9 Å². The van der Waals surface area contributed by atoms with Gasteiger partial charge in [-0.25, -0.2) is 0 Å². The minimum absolute atomic E-state index is 0. The monoisotopic (exact) mass is 486 g/mol. The molecule has 0 amide bonds. The van der Waals surface area contributed by atoms with E-state index in [0.717, 1.165) is 55.3 Å². The number of aliphatic imine (C=N–C) groups is 1. The number of hydrogen-bond donors (Lipinski definition) is 1. The van der Waals surface area contributed by atoms with E-state index in [4.69, 9.17) is 9.15 Å². The van der Waals surface area contributed by atoms with Gasteiger partial charge < -0.3 is 24.3 Å². The molecule has 3 rings (SSSR count). The number of para-hydroxylation sites is 1. The van der Waals surface area contributed by atoms with Gasteiger partial charge in [-0.1, -0.05) is 18.2 Å². The van der Waals surface area contributed by atoms with Crippen molar-refractivity contribution in [2.45, 2.75) is 24.9 Å². The van der Waals surface area contributed by atoms with Crippen LogP contribution in [-0.2, 0) is 11.3 Å². The molecule has 0 saturated carbocycles. The number of fused-ring (bicyclic) bond motifs is 1. The summed E-state index contributed by atoms with van der Waals surface area (Å²) in [6.45, 7) is 3.15. The molecule has 150 valence electrons. The van der Waals surface area contributed by atoms with E-state index in [1.165, 1.54) is 0 Å². The van der Waals surface area contributed by atoms with Gasteiger partial charge in [0.1, 0.15) is 11.3 Å². The molecule has 0 aliphatic carbocycles. The molecule has 2 aromatic rings. The second-order valence-corrected chi connectivity index (χ2v) is 7.24. The first-order valence-electron chi connectivity index (χ1n) is 9.18. The Labute approximate surface area is 179 Å². The van der Waals surface area contributed by atoms with Gasteiger partial charge in [-0.2, -0.15) is 0 Å². The molecule has 1 saturated heterocycles. The Bertz CT molecular complexity index is 720. The van der Waals surface area contributed by atoms with Crippen LogP contribution in [0.15, 0.2) is 39.7 Å². The number of nitrogens with zero attached hydrogens (tertiary/aromatic N) is 3. The average Bonchev–Trinajstić information content (AvgIpc) is 3.05. The van der Waals surface area contributed by atoms with Crippen molar-refractivity contribution in [3.8, 4) is 0 Å². The molecule has 1 aliphatic heterocycles. The fourth-order valence-corrected chi connectivity index (χ4v) is 3.59. The van der Waals surface area contributed by atoms with Crippen LogP contribution in [0.5, 0.6) is 0 Å². The molecule has 0 bridgehead atoms. The lowest BCUT2D eigenvalue weighted by Gasteiger charge is -2.43. The van der Waals surface area contributed by atoms with Crippen LogP contribution in [0, 0.1) is 0 Å². The number of benzene rings is 1. The van der Waals surface area contributed by atoms with Crippen LogP contribution >= 0.6 is 24.0 Å². The Balaban J connectivity index is 0.00000261. The molecule has 1 N–H and O–H groups in total. The van der Waals surface area contributed by atoms with Crippen LogP contribution in [0.2, 0.25) is 0 Å². The molecular formula is C20H31IN4O2. The van der Waals surface area contributed by atoms with Gasteiger partial charge in [0, 0.05) is 44.8 Å². The zero-order valence-corrected chi connectivity index (χ0v) is 19.0. The lowest BCUT2D eigenvalue weighted by molar-refractivity contribution is -0.00522. The van der Waals surface area contributed by atoms with Gasteiger partial charge in [-0.3, -0.25) is 4.99 Å². The highest BCUT2D eigenvalue weighted by Gasteiger charge is 2.35. The minimum atomic E-state index is 0. The Morgan fingerprint density at radius 3 is 2.52 bits per heavy atom. The fraction of sp³-hybridized carbons (Fsp3) is 0.550. The summed E-state index contributed by atoms with van der Waals surface area (Å²) in [4.78, 5) is 8.87. The second-order valence-electron chi connectivity index (χ2n) is 7.24. The molecule has 2 heterocycles. The van der Waals surface area contributed by atoms with Crippen LogP contribution in [0.4, 0.5) is 0 Å². The minimum Gasteiger partial charge on any atom is -0.459 e. The van der Waals surface area contributed by atoms with Crippen LogP contribution < -0.4 is 5.32 Å². The topological polar surface area (TPSA) is 53.2 Å². The van der Waals surface area contributed by atoms with Crippen LogP contribution in [0.3, 0.4) is 0 Å². The van der Waals surface area contributed by atoms with Crippen LogP contribution in [0.1, 0.15) is 18.6 Å². The standard InChI is InChI=1S/C20H30N4O2.HI/c1-21-19(22-15-20(23(2)3)9-11-25-12-10-20)24(4)14-17-13-16-7-5-6-8-18(16)26-17;/h5-8,13H,9-12,14-15H2,1-4H3,(H,21,22);1H. The molecular weight excluding hydrogens is 455 g/mol. The number of rotatable bonds is 5. The van der Waals surface area contributed by atoms with Crippen molar-refractivity contribution in [1.29, 1.82) is 0 Å². The highest BCUT2D eigenvalue weighted by Crippen LogP contribution is 2.25. The van der Waals surface area contributed by atoms with Crippen molar-refractivity contribution in [2.24, 2.45) is 4.99 Å². The molecule has 1 fully saturated rings. The average molecular weight is 486 g/mol. The van der Waals surface area contributed by atoms with Crippen molar-refractivity contribution in [2.75, 3.05) is 47.9 Å². The number of halogens is 1. The highest BCUT2D eigenvalue weighted by atomic mass is 127. The summed E-state index contributed by atoms with van der Waals surface area (Å²) >= 11 is 0. The van der Waals surface area contributed by atoms with E-state index in [2.05, 4.69) is 46.3 Å². The van der Waals surface area contributed by atoms with E-state index in [1.807, 2.05) is 32.3 Å². The molecule has 0 unspecified atom stereocenters. The van der Waals surface area contributed by atoms with E-state index in [0.29, 0.717) is 6.54 Å². The normalized spacial score (nSPS) is 17.0. The Hall–Kier alpha value is -1.32. The molecule has 27 heavy (non-hydrogen) atoms. The van der Waals surface area contributed by atoms with Gasteiger partial charge in [0.15, 0.2) is 5.96 Å². The summed E-state index contributed by atoms with van der Waals surface area (Å²) in [6, 6.07) is 10.2. The fourth-order valence-electron chi connectivity index (χ4n) is 3.59. The first-order valence-corrected chi connectivity index (χ1v) is 9.18. The van der Waals surface area contributed by atoms with Gasteiger partial charge >= 0.3 is 0 Å². The first kappa shape index (κ1) is 22.0. The molecule has 7 heteroatoms. The van der Waals surface area contributed by atoms with Crippen LogP contribution in [-0.4, -0.2) is 69.2 Å². The zero-order chi connectivity index (χ0) is 18.6. The first-order chi connectivity index (χ1) is 12.5. The maximum Gasteiger partial charge on any atom is 0.193 e. The summed E-state index contributed by atoms with van der Waals surface area (Å²) < 4.78 is 11.5. The summed E-state index contributed by atoms with van der Waals surface area (Å²) in [5.41, 5.74) is 1.03. The van der Waals surface area contributed by atoms with Gasteiger partial charge in [0.05, 0.1) is 6.54 Å². The molecule has 1 aromatic carbocycles. The molecule has 0 atom stereocenters. The third-order valence-corrected chi connectivity index (χ3v) is 5.39. The second kappa shape index (κ2) is 9.75. The predicted octanol–water partition coefficient (Wildman–Crippen LogP) is 3.17. The van der Waals surface area contributed by atoms with E-state index < -0.39 is 0 Å². The van der Waals surface area contributed by atoms with Crippen molar-refractivity contribution in [1.82, 2.24) is 15.1 Å². The smallest absolute Gasteiger partial charge is 0.193 e. The zero-order valence-electron chi connectivity index (χ0n) is 16.7. The van der Waals surface area contributed by atoms with Gasteiger partial charge in [0.25, 0.3) is 0 Å². The summed E-state index contributed by atoms with van der Waals surface area (Å²) in [6.07, 6.45) is 2.05. The number of guanidine groups is 1. The van der Waals surface area contributed by atoms with Gasteiger partial charge in [-0.05, 0) is 39.1 Å². The number of nitrogens with one attached hydrogen (secondary N) is 1. The van der Waals surface area contributed by atoms with Crippen molar-refractivity contribution < 1.29 is 9.15 Å². The molecule has 0 spiro atoms. The number of hydrogen-bond acceptors (Lipinski definition) is 4. The molecule has 1 aromatic heterocycles. The van der Waals surface area contributed by atoms with E-state index in [9.17, 15) is 0 Å². The summed E-state index contributed by atoms with van der Waals surface area (Å²) in [5.74, 6) is 1.81. The Kier molecular flexibility index (Phi) is 7.93. The maximum absolute atomic E-state index is 5.94. The number of furan rings is 1. The summed E-state index contributed by atoms with van der Waals surface area (Å²) in [5, 5.41) is 4.68. The highest BCUT2D eigenvalue weighted by molar-refractivity contribution is 14.0. The lowest BCUT2D eigenvalue weighted by Crippen LogP contribution is -2.57.